The summed E-state index contributed by atoms with van der Waals surface area (Å²) in [6, 6.07) is 4.51. The molecule has 0 aromatic carbocycles. The Balaban J connectivity index is 2.01. The van der Waals surface area contributed by atoms with E-state index in [1.165, 1.54) is 12.8 Å². The molecule has 1 aromatic heterocycles. The molecule has 0 bridgehead atoms. The molecule has 4 nitrogen and oxygen atoms in total. The quantitative estimate of drug-likeness (QED) is 0.827. The van der Waals surface area contributed by atoms with Crippen molar-refractivity contribution in [1.29, 1.82) is 0 Å². The van der Waals surface area contributed by atoms with Crippen molar-refractivity contribution in [3.8, 4) is 5.88 Å². The van der Waals surface area contributed by atoms with E-state index in [0.29, 0.717) is 17.3 Å². The molecule has 0 radical (unpaired) electrons. The number of pyridine rings is 1. The minimum Gasteiger partial charge on any atom is -0.481 e. The van der Waals surface area contributed by atoms with Crippen LogP contribution in [0.25, 0.3) is 0 Å². The monoisotopic (exact) mass is 247 g/mol. The first-order chi connectivity index (χ1) is 8.62. The summed E-state index contributed by atoms with van der Waals surface area (Å²) in [5.41, 5.74) is 1.47. The third-order valence-electron chi connectivity index (χ3n) is 4.32. The lowest BCUT2D eigenvalue weighted by Crippen LogP contribution is -2.56. The first-order valence-corrected chi connectivity index (χ1v) is 6.67. The number of nitrogens with zero attached hydrogens (tertiary/aromatic N) is 2. The second-order valence-corrected chi connectivity index (χ2v) is 5.91. The molecule has 1 unspecified atom stereocenters. The minimum atomic E-state index is 0.341. The molecule has 1 atom stereocenters. The number of hydrogen-bond acceptors (Lipinski definition) is 4. The smallest absolute Gasteiger partial charge is 0.215 e. The third-order valence-corrected chi connectivity index (χ3v) is 4.32. The van der Waals surface area contributed by atoms with Crippen LogP contribution in [-0.4, -0.2) is 31.2 Å². The molecule has 1 aromatic rings. The summed E-state index contributed by atoms with van der Waals surface area (Å²) >= 11 is 0. The van der Waals surface area contributed by atoms with Crippen molar-refractivity contribution in [2.24, 2.45) is 5.41 Å². The van der Waals surface area contributed by atoms with E-state index >= 15 is 0 Å². The molecule has 4 heteroatoms. The van der Waals surface area contributed by atoms with Gasteiger partial charge in [0.25, 0.3) is 0 Å². The first kappa shape index (κ1) is 11.6. The summed E-state index contributed by atoms with van der Waals surface area (Å²) in [4.78, 5) is 7.08. The number of piperidine rings is 1. The van der Waals surface area contributed by atoms with Gasteiger partial charge in [0.05, 0.1) is 18.8 Å². The fourth-order valence-corrected chi connectivity index (χ4v) is 3.20. The van der Waals surface area contributed by atoms with Crippen LogP contribution >= 0.6 is 0 Å². The summed E-state index contributed by atoms with van der Waals surface area (Å²) in [6.07, 6.45) is 2.52. The average molecular weight is 247 g/mol. The van der Waals surface area contributed by atoms with Gasteiger partial charge in [0, 0.05) is 19.2 Å². The Bertz CT molecular complexity index is 458. The summed E-state index contributed by atoms with van der Waals surface area (Å²) < 4.78 is 5.25. The highest BCUT2D eigenvalue weighted by Gasteiger charge is 2.41. The van der Waals surface area contributed by atoms with Gasteiger partial charge in [-0.25, -0.2) is 0 Å². The molecule has 3 heterocycles. The molecule has 1 fully saturated rings. The SMILES string of the molecule is COc1ccc2c(n1)N1CCCC(C)(C)C1CN2. The van der Waals surface area contributed by atoms with Crippen molar-refractivity contribution in [1.82, 2.24) is 4.98 Å². The average Bonchev–Trinajstić information content (AvgIpc) is 2.37. The zero-order valence-corrected chi connectivity index (χ0v) is 11.4. The van der Waals surface area contributed by atoms with E-state index in [0.717, 1.165) is 24.6 Å². The number of methoxy groups -OCH3 is 1. The van der Waals surface area contributed by atoms with Crippen LogP contribution in [0.15, 0.2) is 12.1 Å². The number of rotatable bonds is 1. The van der Waals surface area contributed by atoms with Crippen LogP contribution in [0.1, 0.15) is 26.7 Å². The fraction of sp³-hybridized carbons (Fsp3) is 0.643. The Morgan fingerprint density at radius 3 is 3.06 bits per heavy atom. The fourth-order valence-electron chi connectivity index (χ4n) is 3.20. The van der Waals surface area contributed by atoms with Gasteiger partial charge in [0.2, 0.25) is 5.88 Å². The number of fused-ring (bicyclic) bond motifs is 3. The molecular formula is C14H21N3O. The number of ether oxygens (including phenoxy) is 1. The van der Waals surface area contributed by atoms with Crippen molar-refractivity contribution >= 4 is 11.5 Å². The van der Waals surface area contributed by atoms with E-state index < -0.39 is 0 Å². The molecule has 98 valence electrons. The summed E-state index contributed by atoms with van der Waals surface area (Å²) in [7, 11) is 1.67. The van der Waals surface area contributed by atoms with Crippen LogP contribution in [0.2, 0.25) is 0 Å². The van der Waals surface area contributed by atoms with Crippen LogP contribution in [0.3, 0.4) is 0 Å². The summed E-state index contributed by atoms with van der Waals surface area (Å²) in [5.74, 6) is 1.75. The topological polar surface area (TPSA) is 37.4 Å². The van der Waals surface area contributed by atoms with Gasteiger partial charge in [-0.2, -0.15) is 4.98 Å². The van der Waals surface area contributed by atoms with Gasteiger partial charge >= 0.3 is 0 Å². The number of nitrogens with one attached hydrogen (secondary N) is 1. The predicted molar refractivity (Wildman–Crippen MR) is 73.4 cm³/mol. The molecule has 0 saturated carbocycles. The minimum absolute atomic E-state index is 0.341. The Morgan fingerprint density at radius 2 is 2.28 bits per heavy atom. The van der Waals surface area contributed by atoms with Gasteiger partial charge in [0.1, 0.15) is 0 Å². The molecule has 0 spiro atoms. The zero-order chi connectivity index (χ0) is 12.8. The lowest BCUT2D eigenvalue weighted by atomic mass is 9.75. The molecule has 1 N–H and O–H groups in total. The molecular weight excluding hydrogens is 226 g/mol. The van der Waals surface area contributed by atoms with Gasteiger partial charge in [-0.3, -0.25) is 0 Å². The largest absolute Gasteiger partial charge is 0.481 e. The van der Waals surface area contributed by atoms with E-state index in [1.807, 2.05) is 6.07 Å². The number of anilines is 2. The van der Waals surface area contributed by atoms with E-state index in [2.05, 4.69) is 35.1 Å². The highest BCUT2D eigenvalue weighted by atomic mass is 16.5. The van der Waals surface area contributed by atoms with Crippen molar-refractivity contribution < 1.29 is 4.74 Å². The van der Waals surface area contributed by atoms with E-state index in [4.69, 9.17) is 4.74 Å². The maximum Gasteiger partial charge on any atom is 0.215 e. The van der Waals surface area contributed by atoms with Crippen LogP contribution < -0.4 is 15.0 Å². The van der Waals surface area contributed by atoms with Crippen molar-refractivity contribution in [3.05, 3.63) is 12.1 Å². The van der Waals surface area contributed by atoms with Gasteiger partial charge in [0.15, 0.2) is 5.82 Å². The van der Waals surface area contributed by atoms with E-state index in [9.17, 15) is 0 Å². The zero-order valence-electron chi connectivity index (χ0n) is 11.4. The number of aromatic nitrogens is 1. The highest BCUT2D eigenvalue weighted by Crippen LogP contribution is 2.42. The number of hydrogen-bond donors (Lipinski definition) is 1. The highest BCUT2D eigenvalue weighted by molar-refractivity contribution is 5.70. The lowest BCUT2D eigenvalue weighted by molar-refractivity contribution is 0.215. The summed E-state index contributed by atoms with van der Waals surface area (Å²) in [6.45, 7) is 6.82. The molecule has 2 aliphatic rings. The normalized spacial score (nSPS) is 24.8. The molecule has 18 heavy (non-hydrogen) atoms. The molecule has 0 amide bonds. The van der Waals surface area contributed by atoms with Gasteiger partial charge in [-0.15, -0.1) is 0 Å². The maximum absolute atomic E-state index is 5.25. The van der Waals surface area contributed by atoms with Gasteiger partial charge in [-0.1, -0.05) is 13.8 Å². The van der Waals surface area contributed by atoms with Gasteiger partial charge < -0.3 is 15.0 Å². The van der Waals surface area contributed by atoms with E-state index in [1.54, 1.807) is 7.11 Å². The standard InChI is InChI=1S/C14H21N3O/c1-14(2)7-4-8-17-11(14)9-15-10-5-6-12(18-3)16-13(10)17/h5-6,11,15H,4,7-9H2,1-3H3. The van der Waals surface area contributed by atoms with Crippen molar-refractivity contribution in [3.63, 3.8) is 0 Å². The van der Waals surface area contributed by atoms with Crippen LogP contribution in [-0.2, 0) is 0 Å². The Hall–Kier alpha value is -1.45. The lowest BCUT2D eigenvalue weighted by Gasteiger charge is -2.50. The summed E-state index contributed by atoms with van der Waals surface area (Å²) in [5, 5.41) is 3.51. The second-order valence-electron chi connectivity index (χ2n) is 5.91. The molecule has 2 aliphatic heterocycles. The van der Waals surface area contributed by atoms with Crippen LogP contribution in [0, 0.1) is 5.41 Å². The Kier molecular flexibility index (Phi) is 2.61. The molecule has 1 saturated heterocycles. The van der Waals surface area contributed by atoms with Crippen molar-refractivity contribution in [2.75, 3.05) is 30.4 Å². The van der Waals surface area contributed by atoms with Crippen molar-refractivity contribution in [2.45, 2.75) is 32.7 Å². The van der Waals surface area contributed by atoms with E-state index in [-0.39, 0.29) is 0 Å². The predicted octanol–water partition coefficient (Wildman–Crippen LogP) is 2.51. The first-order valence-electron chi connectivity index (χ1n) is 6.67. The van der Waals surface area contributed by atoms with Crippen LogP contribution in [0.5, 0.6) is 5.88 Å². The molecule has 3 rings (SSSR count). The third kappa shape index (κ3) is 1.71. The Labute approximate surface area is 108 Å². The maximum atomic E-state index is 5.25. The Morgan fingerprint density at radius 1 is 1.44 bits per heavy atom. The molecule has 0 aliphatic carbocycles. The van der Waals surface area contributed by atoms with Crippen LogP contribution in [0.4, 0.5) is 11.5 Å². The second kappa shape index (κ2) is 4.04. The van der Waals surface area contributed by atoms with Gasteiger partial charge in [-0.05, 0) is 24.3 Å².